The maximum absolute atomic E-state index is 13.3. The number of piperazine rings is 1. The third-order valence-corrected chi connectivity index (χ3v) is 7.90. The Balaban J connectivity index is 1.42. The van der Waals surface area contributed by atoms with Crippen LogP contribution >= 0.6 is 0 Å². The van der Waals surface area contributed by atoms with Crippen LogP contribution in [0.3, 0.4) is 0 Å². The second-order valence-electron chi connectivity index (χ2n) is 11.2. The van der Waals surface area contributed by atoms with Gasteiger partial charge in [-0.1, -0.05) is 24.3 Å². The first-order chi connectivity index (χ1) is 20.7. The molecule has 0 bridgehead atoms. The van der Waals surface area contributed by atoms with E-state index in [0.717, 1.165) is 61.4 Å². The maximum Gasteiger partial charge on any atom is 0.305 e. The topological polar surface area (TPSA) is 136 Å². The minimum Gasteiger partial charge on any atom is -0.481 e. The van der Waals surface area contributed by atoms with Gasteiger partial charge in [-0.15, -0.1) is 0 Å². The summed E-state index contributed by atoms with van der Waals surface area (Å²) in [5.41, 5.74) is 4.38. The van der Waals surface area contributed by atoms with Gasteiger partial charge in [0.05, 0.1) is 22.7 Å². The lowest BCUT2D eigenvalue weighted by Gasteiger charge is -2.35. The number of anilines is 2. The second-order valence-corrected chi connectivity index (χ2v) is 11.2. The summed E-state index contributed by atoms with van der Waals surface area (Å²) in [6, 6.07) is 19.2. The van der Waals surface area contributed by atoms with Crippen molar-refractivity contribution < 1.29 is 24.4 Å². The fourth-order valence-electron chi connectivity index (χ4n) is 5.22. The van der Waals surface area contributed by atoms with E-state index in [0.29, 0.717) is 17.8 Å². The molecule has 2 amide bonds. The fraction of sp³-hybridized carbons (Fsp3) is 0.344. The quantitative estimate of drug-likeness (QED) is 0.248. The van der Waals surface area contributed by atoms with Crippen molar-refractivity contribution in [1.82, 2.24) is 9.80 Å². The number of non-ortho nitro benzene ring substituents is 1. The van der Waals surface area contributed by atoms with Gasteiger partial charge < -0.3 is 25.1 Å². The number of nitrogens with zero attached hydrogens (tertiary/aromatic N) is 4. The molecule has 2 N–H and O–H groups in total. The van der Waals surface area contributed by atoms with E-state index in [1.165, 1.54) is 24.3 Å². The molecule has 5 rings (SSSR count). The molecule has 1 aliphatic carbocycles. The molecule has 224 valence electrons. The highest BCUT2D eigenvalue weighted by Crippen LogP contribution is 2.34. The minimum absolute atomic E-state index is 0.000532. The van der Waals surface area contributed by atoms with Crippen molar-refractivity contribution in [3.8, 4) is 11.1 Å². The SMILES string of the molecule is CN1CCN(c2ccc(-c3cccc(CN(CCC(=O)O)C(=O)C4CC4)c3)cc2NC(=O)c2ccc([N+](=O)[O-])cc2)CC1. The van der Waals surface area contributed by atoms with Crippen molar-refractivity contribution in [2.45, 2.75) is 25.8 Å². The van der Waals surface area contributed by atoms with Crippen molar-refractivity contribution in [3.05, 3.63) is 88.0 Å². The summed E-state index contributed by atoms with van der Waals surface area (Å²) in [6.45, 7) is 3.85. The van der Waals surface area contributed by atoms with Crippen molar-refractivity contribution in [2.24, 2.45) is 5.92 Å². The van der Waals surface area contributed by atoms with Gasteiger partial charge in [0, 0.05) is 62.9 Å². The minimum atomic E-state index is -0.939. The van der Waals surface area contributed by atoms with Gasteiger partial charge >= 0.3 is 5.97 Å². The number of aliphatic carboxylic acids is 1. The first-order valence-electron chi connectivity index (χ1n) is 14.4. The van der Waals surface area contributed by atoms with Crippen molar-refractivity contribution in [1.29, 1.82) is 0 Å². The summed E-state index contributed by atoms with van der Waals surface area (Å²) in [6.07, 6.45) is 1.58. The Morgan fingerprint density at radius 2 is 1.67 bits per heavy atom. The zero-order chi connectivity index (χ0) is 30.5. The number of nitrogens with one attached hydrogen (secondary N) is 1. The Morgan fingerprint density at radius 1 is 0.977 bits per heavy atom. The summed E-state index contributed by atoms with van der Waals surface area (Å²) in [5, 5.41) is 23.3. The summed E-state index contributed by atoms with van der Waals surface area (Å²) in [7, 11) is 2.08. The molecular formula is C32H35N5O6. The molecule has 0 atom stereocenters. The lowest BCUT2D eigenvalue weighted by molar-refractivity contribution is -0.384. The van der Waals surface area contributed by atoms with Gasteiger partial charge in [0.1, 0.15) is 0 Å². The third kappa shape index (κ3) is 7.55. The predicted molar refractivity (Wildman–Crippen MR) is 163 cm³/mol. The lowest BCUT2D eigenvalue weighted by Crippen LogP contribution is -2.44. The predicted octanol–water partition coefficient (Wildman–Crippen LogP) is 4.48. The number of hydrogen-bond donors (Lipinski definition) is 2. The number of likely N-dealkylation sites (N-methyl/N-ethyl adjacent to an activating group) is 1. The van der Waals surface area contributed by atoms with E-state index in [-0.39, 0.29) is 36.4 Å². The Hall–Kier alpha value is -4.77. The molecule has 11 nitrogen and oxygen atoms in total. The molecule has 1 heterocycles. The number of benzene rings is 3. The number of nitro benzene ring substituents is 1. The third-order valence-electron chi connectivity index (χ3n) is 7.90. The van der Waals surface area contributed by atoms with Gasteiger partial charge in [-0.05, 0) is 66.9 Å². The number of carbonyl (C=O) groups excluding carboxylic acids is 2. The zero-order valence-electron chi connectivity index (χ0n) is 24.1. The van der Waals surface area contributed by atoms with Crippen LogP contribution in [0.2, 0.25) is 0 Å². The van der Waals surface area contributed by atoms with Gasteiger partial charge in [-0.25, -0.2) is 0 Å². The number of hydrogen-bond acceptors (Lipinski definition) is 7. The van der Waals surface area contributed by atoms with Crippen LogP contribution in [0.25, 0.3) is 11.1 Å². The van der Waals surface area contributed by atoms with E-state index >= 15 is 0 Å². The summed E-state index contributed by atoms with van der Waals surface area (Å²) >= 11 is 0. The first-order valence-corrected chi connectivity index (χ1v) is 14.4. The maximum atomic E-state index is 13.3. The Kier molecular flexibility index (Phi) is 9.01. The molecule has 0 aromatic heterocycles. The van der Waals surface area contributed by atoms with Crippen molar-refractivity contribution in [2.75, 3.05) is 50.0 Å². The zero-order valence-corrected chi connectivity index (χ0v) is 24.1. The normalized spacial score (nSPS) is 15.1. The van der Waals surface area contributed by atoms with E-state index in [2.05, 4.69) is 22.2 Å². The van der Waals surface area contributed by atoms with Gasteiger partial charge in [0.2, 0.25) is 5.91 Å². The Labute approximate surface area is 249 Å². The van der Waals surface area contributed by atoms with Crippen LogP contribution in [0.15, 0.2) is 66.7 Å². The van der Waals surface area contributed by atoms with Crippen LogP contribution in [-0.2, 0) is 16.1 Å². The van der Waals surface area contributed by atoms with Crippen molar-refractivity contribution in [3.63, 3.8) is 0 Å². The second kappa shape index (κ2) is 13.0. The van der Waals surface area contributed by atoms with E-state index in [4.69, 9.17) is 0 Å². The van der Waals surface area contributed by atoms with Crippen LogP contribution in [-0.4, -0.2) is 77.4 Å². The average molecular weight is 586 g/mol. The molecule has 43 heavy (non-hydrogen) atoms. The molecule has 1 saturated heterocycles. The highest BCUT2D eigenvalue weighted by molar-refractivity contribution is 6.06. The van der Waals surface area contributed by atoms with Gasteiger partial charge in [-0.3, -0.25) is 24.5 Å². The molecule has 2 aliphatic rings. The van der Waals surface area contributed by atoms with E-state index in [1.54, 1.807) is 4.90 Å². The number of carbonyl (C=O) groups is 3. The molecule has 1 saturated carbocycles. The molecule has 11 heteroatoms. The average Bonchev–Trinajstić information content (AvgIpc) is 3.85. The summed E-state index contributed by atoms with van der Waals surface area (Å²) in [4.78, 5) is 54.0. The van der Waals surface area contributed by atoms with Crippen LogP contribution in [0.1, 0.15) is 35.2 Å². The molecule has 1 aliphatic heterocycles. The largest absolute Gasteiger partial charge is 0.481 e. The summed E-state index contributed by atoms with van der Waals surface area (Å²) in [5.74, 6) is -1.32. The highest BCUT2D eigenvalue weighted by Gasteiger charge is 2.33. The van der Waals surface area contributed by atoms with Crippen molar-refractivity contribution >= 4 is 34.8 Å². The molecule has 0 unspecified atom stereocenters. The molecular weight excluding hydrogens is 550 g/mol. The molecule has 0 radical (unpaired) electrons. The smallest absolute Gasteiger partial charge is 0.305 e. The van der Waals surface area contributed by atoms with Crippen LogP contribution < -0.4 is 10.2 Å². The standard InChI is InChI=1S/C32H35N5O6/c1-34-15-17-35(18-16-34)29-12-9-26(20-28(29)33-31(40)23-7-10-27(11-8-23)37(42)43)25-4-2-3-22(19-25)21-36(14-13-30(38)39)32(41)24-5-6-24/h2-4,7-12,19-20,24H,5-6,13-18,21H2,1H3,(H,33,40)(H,38,39). The molecule has 0 spiro atoms. The van der Waals surface area contributed by atoms with Crippen LogP contribution in [0.5, 0.6) is 0 Å². The van der Waals surface area contributed by atoms with Gasteiger partial charge in [0.25, 0.3) is 11.6 Å². The Bertz CT molecular complexity index is 1510. The van der Waals surface area contributed by atoms with E-state index < -0.39 is 10.9 Å². The summed E-state index contributed by atoms with van der Waals surface area (Å²) < 4.78 is 0. The molecule has 2 fully saturated rings. The number of carboxylic acid groups (broad SMARTS) is 1. The van der Waals surface area contributed by atoms with Crippen LogP contribution in [0, 0.1) is 16.0 Å². The number of nitro groups is 1. The highest BCUT2D eigenvalue weighted by atomic mass is 16.6. The first kappa shape index (κ1) is 29.7. The molecule has 3 aromatic carbocycles. The van der Waals surface area contributed by atoms with E-state index in [9.17, 15) is 29.6 Å². The van der Waals surface area contributed by atoms with E-state index in [1.807, 2.05) is 42.5 Å². The Morgan fingerprint density at radius 3 is 2.33 bits per heavy atom. The number of carboxylic acids is 1. The molecule has 3 aromatic rings. The number of amides is 2. The lowest BCUT2D eigenvalue weighted by atomic mass is 10.0. The fourth-order valence-corrected chi connectivity index (χ4v) is 5.22. The van der Waals surface area contributed by atoms with Gasteiger partial charge in [0.15, 0.2) is 0 Å². The monoisotopic (exact) mass is 585 g/mol. The van der Waals surface area contributed by atoms with Crippen LogP contribution in [0.4, 0.5) is 17.1 Å². The van der Waals surface area contributed by atoms with Gasteiger partial charge in [-0.2, -0.15) is 0 Å². The number of rotatable bonds is 11.